The molecule has 14 heteroatoms. The molecule has 1 saturated heterocycles. The van der Waals surface area contributed by atoms with E-state index in [2.05, 4.69) is 15.3 Å². The molecule has 1 aromatic heterocycles. The number of rotatable bonds is 5. The molecule has 0 unspecified atom stereocenters. The summed E-state index contributed by atoms with van der Waals surface area (Å²) in [6.45, 7) is 1.89. The Morgan fingerprint density at radius 1 is 1.03 bits per heavy atom. The summed E-state index contributed by atoms with van der Waals surface area (Å²) in [7, 11) is 1.22. The van der Waals surface area contributed by atoms with Gasteiger partial charge in [0.25, 0.3) is 5.91 Å². The first-order valence-electron chi connectivity index (χ1n) is 11.6. The second-order valence-electron chi connectivity index (χ2n) is 8.87. The molecule has 1 fully saturated rings. The Hall–Kier alpha value is -3.45. The number of nitrogens with one attached hydrogen (secondary N) is 1. The van der Waals surface area contributed by atoms with Gasteiger partial charge < -0.3 is 15.1 Å². The third kappa shape index (κ3) is 6.59. The van der Waals surface area contributed by atoms with Crippen molar-refractivity contribution < 1.29 is 35.5 Å². The second kappa shape index (κ2) is 11.0. The summed E-state index contributed by atoms with van der Waals surface area (Å²) in [6.07, 6.45) is -8.84. The summed E-state index contributed by atoms with van der Waals surface area (Å²) >= 11 is 6.25. The fourth-order valence-corrected chi connectivity index (χ4v) is 4.35. The van der Waals surface area contributed by atoms with Gasteiger partial charge in [-0.1, -0.05) is 11.6 Å². The number of carbonyl (C=O) groups is 1. The minimum absolute atomic E-state index is 0.0165. The third-order valence-electron chi connectivity index (χ3n) is 6.01. The molecule has 2 heterocycles. The van der Waals surface area contributed by atoms with E-state index in [1.165, 1.54) is 19.3 Å². The largest absolute Gasteiger partial charge is 0.416 e. The van der Waals surface area contributed by atoms with Crippen molar-refractivity contribution in [1.29, 1.82) is 0 Å². The second-order valence-corrected chi connectivity index (χ2v) is 9.28. The van der Waals surface area contributed by atoms with Crippen LogP contribution in [0, 0.1) is 5.82 Å². The minimum atomic E-state index is -5.03. The van der Waals surface area contributed by atoms with Crippen LogP contribution in [0.5, 0.6) is 0 Å². The van der Waals surface area contributed by atoms with Crippen LogP contribution >= 0.6 is 11.6 Å². The molecule has 0 aliphatic carbocycles. The van der Waals surface area contributed by atoms with Gasteiger partial charge in [-0.2, -0.15) is 26.3 Å². The summed E-state index contributed by atoms with van der Waals surface area (Å²) < 4.78 is 93.4. The quantitative estimate of drug-likeness (QED) is 0.398. The summed E-state index contributed by atoms with van der Waals surface area (Å²) in [6, 6.07) is 4.60. The Labute approximate surface area is 223 Å². The van der Waals surface area contributed by atoms with E-state index in [4.69, 9.17) is 11.6 Å². The lowest BCUT2D eigenvalue weighted by atomic mass is 10.0. The maximum atomic E-state index is 13.7. The van der Waals surface area contributed by atoms with Gasteiger partial charge in [0.15, 0.2) is 0 Å². The van der Waals surface area contributed by atoms with Crippen molar-refractivity contribution >= 4 is 23.5 Å². The van der Waals surface area contributed by atoms with Crippen LogP contribution in [-0.2, 0) is 18.9 Å². The summed E-state index contributed by atoms with van der Waals surface area (Å²) in [5.41, 5.74) is -3.24. The summed E-state index contributed by atoms with van der Waals surface area (Å²) in [4.78, 5) is 25.0. The first-order chi connectivity index (χ1) is 18.2. The number of benzene rings is 2. The number of nitrogens with zero attached hydrogens (tertiary/aromatic N) is 4. The zero-order valence-corrected chi connectivity index (χ0v) is 21.1. The SMILES string of the molecule is CN(Cc1cc(C(F)(F)F)cc(C(F)(F)F)c1)C(=O)c1cnc(N2CCNCC2)nc1-c1ccc(F)cc1Cl. The van der Waals surface area contributed by atoms with Crippen LogP contribution < -0.4 is 10.2 Å². The van der Waals surface area contributed by atoms with Crippen molar-refractivity contribution in [3.8, 4) is 11.3 Å². The summed E-state index contributed by atoms with van der Waals surface area (Å²) in [5.74, 6) is -1.14. The van der Waals surface area contributed by atoms with Crippen LogP contribution in [0.15, 0.2) is 42.6 Å². The molecule has 0 atom stereocenters. The molecule has 1 N–H and O–H groups in total. The lowest BCUT2D eigenvalue weighted by Crippen LogP contribution is -2.44. The van der Waals surface area contributed by atoms with E-state index in [9.17, 15) is 35.5 Å². The number of hydrogen-bond acceptors (Lipinski definition) is 5. The molecule has 2 aromatic carbocycles. The molecule has 0 saturated carbocycles. The van der Waals surface area contributed by atoms with Gasteiger partial charge in [0.2, 0.25) is 5.95 Å². The molecule has 1 amide bonds. The van der Waals surface area contributed by atoms with Gasteiger partial charge in [-0.05, 0) is 42.0 Å². The topological polar surface area (TPSA) is 61.4 Å². The number of hydrogen-bond donors (Lipinski definition) is 1. The maximum absolute atomic E-state index is 13.7. The van der Waals surface area contributed by atoms with Crippen LogP contribution in [0.1, 0.15) is 27.0 Å². The Morgan fingerprint density at radius 2 is 1.64 bits per heavy atom. The average molecular weight is 576 g/mol. The van der Waals surface area contributed by atoms with Gasteiger partial charge in [0.1, 0.15) is 5.82 Å². The van der Waals surface area contributed by atoms with Gasteiger partial charge >= 0.3 is 12.4 Å². The molecule has 3 aromatic rings. The monoisotopic (exact) mass is 575 g/mol. The highest BCUT2D eigenvalue weighted by molar-refractivity contribution is 6.33. The molecule has 1 aliphatic rings. The lowest BCUT2D eigenvalue weighted by molar-refractivity contribution is -0.143. The molecule has 39 heavy (non-hydrogen) atoms. The number of piperazine rings is 1. The first kappa shape index (κ1) is 28.6. The molecule has 0 spiro atoms. The Morgan fingerprint density at radius 3 is 2.21 bits per heavy atom. The van der Waals surface area contributed by atoms with E-state index in [0.29, 0.717) is 38.3 Å². The number of aromatic nitrogens is 2. The van der Waals surface area contributed by atoms with Crippen molar-refractivity contribution in [1.82, 2.24) is 20.2 Å². The number of carbonyl (C=O) groups excluding carboxylic acids is 1. The van der Waals surface area contributed by atoms with Crippen molar-refractivity contribution in [2.45, 2.75) is 18.9 Å². The Bertz CT molecular complexity index is 1340. The zero-order valence-electron chi connectivity index (χ0n) is 20.3. The predicted octanol–water partition coefficient (Wildman–Crippen LogP) is 5.66. The molecular weight excluding hydrogens is 555 g/mol. The molecule has 208 valence electrons. The zero-order chi connectivity index (χ0) is 28.5. The average Bonchev–Trinajstić information content (AvgIpc) is 2.87. The molecule has 4 rings (SSSR count). The highest BCUT2D eigenvalue weighted by Crippen LogP contribution is 2.37. The highest BCUT2D eigenvalue weighted by Gasteiger charge is 2.37. The van der Waals surface area contributed by atoms with E-state index in [-0.39, 0.29) is 39.4 Å². The molecular formula is C25H21ClF7N5O. The number of halogens is 8. The fourth-order valence-electron chi connectivity index (χ4n) is 4.09. The normalized spacial score (nSPS) is 14.4. The predicted molar refractivity (Wildman–Crippen MR) is 130 cm³/mol. The van der Waals surface area contributed by atoms with Crippen molar-refractivity contribution in [2.24, 2.45) is 0 Å². The lowest BCUT2D eigenvalue weighted by Gasteiger charge is -2.28. The molecule has 6 nitrogen and oxygen atoms in total. The number of alkyl halides is 6. The molecule has 0 radical (unpaired) electrons. The van der Waals surface area contributed by atoms with Gasteiger partial charge in [0.05, 0.1) is 27.4 Å². The van der Waals surface area contributed by atoms with E-state index >= 15 is 0 Å². The standard InChI is InChI=1S/C25H21ClF7N5O/c1-37(13-14-8-15(24(28,29)30)10-16(9-14)25(31,32)33)22(39)19-12-35-23(38-6-4-34-5-7-38)36-21(19)18-3-2-17(27)11-20(18)26/h2-3,8-12,34H,4-7,13H2,1H3. The van der Waals surface area contributed by atoms with Crippen LogP contribution in [0.25, 0.3) is 11.3 Å². The van der Waals surface area contributed by atoms with Crippen LogP contribution in [-0.4, -0.2) is 54.0 Å². The molecule has 1 aliphatic heterocycles. The van der Waals surface area contributed by atoms with E-state index in [1.54, 1.807) is 0 Å². The molecule has 0 bridgehead atoms. The van der Waals surface area contributed by atoms with Gasteiger partial charge in [-0.25, -0.2) is 14.4 Å². The van der Waals surface area contributed by atoms with Gasteiger partial charge in [-0.15, -0.1) is 0 Å². The van der Waals surface area contributed by atoms with Crippen LogP contribution in [0.4, 0.5) is 36.7 Å². The van der Waals surface area contributed by atoms with Gasteiger partial charge in [0, 0.05) is 51.5 Å². The summed E-state index contributed by atoms with van der Waals surface area (Å²) in [5, 5.41) is 3.13. The Kier molecular flexibility index (Phi) is 8.03. The van der Waals surface area contributed by atoms with Crippen molar-refractivity contribution in [3.05, 3.63) is 75.7 Å². The highest BCUT2D eigenvalue weighted by atomic mass is 35.5. The number of anilines is 1. The smallest absolute Gasteiger partial charge is 0.338 e. The van der Waals surface area contributed by atoms with Crippen LogP contribution in [0.3, 0.4) is 0 Å². The van der Waals surface area contributed by atoms with E-state index < -0.39 is 41.7 Å². The van der Waals surface area contributed by atoms with Crippen molar-refractivity contribution in [2.75, 3.05) is 38.1 Å². The maximum Gasteiger partial charge on any atom is 0.416 e. The Balaban J connectivity index is 1.72. The van der Waals surface area contributed by atoms with Gasteiger partial charge in [-0.3, -0.25) is 4.79 Å². The minimum Gasteiger partial charge on any atom is -0.338 e. The van der Waals surface area contributed by atoms with Crippen molar-refractivity contribution in [3.63, 3.8) is 0 Å². The third-order valence-corrected chi connectivity index (χ3v) is 6.32. The number of amides is 1. The first-order valence-corrected chi connectivity index (χ1v) is 11.9. The fraction of sp³-hybridized carbons (Fsp3) is 0.320. The van der Waals surface area contributed by atoms with E-state index in [1.807, 2.05) is 4.90 Å². The van der Waals surface area contributed by atoms with E-state index in [0.717, 1.165) is 17.0 Å². The van der Waals surface area contributed by atoms with Crippen LogP contribution in [0.2, 0.25) is 5.02 Å².